The van der Waals surface area contributed by atoms with E-state index in [2.05, 4.69) is 19.1 Å². The van der Waals surface area contributed by atoms with Crippen LogP contribution in [0.25, 0.3) is 0 Å². The van der Waals surface area contributed by atoms with Gasteiger partial charge >= 0.3 is 0 Å². The van der Waals surface area contributed by atoms with Crippen LogP contribution in [0, 0.1) is 6.92 Å². The molecule has 2 nitrogen and oxygen atoms in total. The molecule has 0 N–H and O–H groups in total. The third-order valence-electron chi connectivity index (χ3n) is 3.11. The minimum Gasteiger partial charge on any atom is -0.490 e. The molecular weight excluding hydrogens is 272 g/mol. The van der Waals surface area contributed by atoms with E-state index in [0.29, 0.717) is 19.1 Å². The minimum atomic E-state index is 0.470. The Morgan fingerprint density at radius 1 is 1.00 bits per heavy atom. The molecule has 0 atom stereocenters. The van der Waals surface area contributed by atoms with Gasteiger partial charge in [0.25, 0.3) is 0 Å². The van der Waals surface area contributed by atoms with E-state index in [9.17, 15) is 0 Å². The van der Waals surface area contributed by atoms with E-state index >= 15 is 0 Å². The van der Waals surface area contributed by atoms with Crippen molar-refractivity contribution in [3.05, 3.63) is 59.2 Å². The fourth-order valence-corrected chi connectivity index (χ4v) is 2.12. The number of halogens is 1. The van der Waals surface area contributed by atoms with Crippen LogP contribution in [-0.2, 0) is 12.5 Å². The molecule has 2 rings (SSSR count). The number of ether oxygens (including phenoxy) is 2. The molecule has 0 unspecified atom stereocenters. The minimum absolute atomic E-state index is 0.470. The Morgan fingerprint density at radius 2 is 1.80 bits per heavy atom. The van der Waals surface area contributed by atoms with Crippen LogP contribution in [-0.4, -0.2) is 6.61 Å². The summed E-state index contributed by atoms with van der Waals surface area (Å²) >= 11 is 5.85. The van der Waals surface area contributed by atoms with Gasteiger partial charge < -0.3 is 9.47 Å². The van der Waals surface area contributed by atoms with Gasteiger partial charge in [-0.1, -0.05) is 30.3 Å². The lowest BCUT2D eigenvalue weighted by Gasteiger charge is -2.13. The molecule has 0 spiro atoms. The summed E-state index contributed by atoms with van der Waals surface area (Å²) in [6.07, 6.45) is 0. The number of benzene rings is 2. The van der Waals surface area contributed by atoms with Crippen molar-refractivity contribution in [3.63, 3.8) is 0 Å². The van der Waals surface area contributed by atoms with Crippen LogP contribution in [0.2, 0.25) is 0 Å². The van der Waals surface area contributed by atoms with E-state index in [0.717, 1.165) is 17.1 Å². The maximum absolute atomic E-state index is 5.89. The number of alkyl halides is 1. The molecule has 0 heterocycles. The van der Waals surface area contributed by atoms with Gasteiger partial charge in [0, 0.05) is 5.88 Å². The lowest BCUT2D eigenvalue weighted by Crippen LogP contribution is -2.01. The zero-order chi connectivity index (χ0) is 14.4. The van der Waals surface area contributed by atoms with Crippen LogP contribution in [0.1, 0.15) is 23.6 Å². The number of aryl methyl sites for hydroxylation is 1. The standard InChI is InChI=1S/C17H19ClO2/c1-3-19-17-10-14(11-18)8-9-16(17)20-12-15-7-5-4-6-13(15)2/h4-10H,3,11-12H2,1-2H3. The molecule has 0 amide bonds. The zero-order valence-corrected chi connectivity index (χ0v) is 12.6. The molecule has 0 aliphatic rings. The van der Waals surface area contributed by atoms with E-state index in [1.54, 1.807) is 0 Å². The van der Waals surface area contributed by atoms with Gasteiger partial charge in [-0.05, 0) is 42.7 Å². The van der Waals surface area contributed by atoms with Gasteiger partial charge in [0.05, 0.1) is 6.61 Å². The summed E-state index contributed by atoms with van der Waals surface area (Å²) in [4.78, 5) is 0. The second-order valence-corrected chi connectivity index (χ2v) is 4.83. The summed E-state index contributed by atoms with van der Waals surface area (Å²) in [6.45, 7) is 5.18. The highest BCUT2D eigenvalue weighted by Gasteiger charge is 2.07. The SMILES string of the molecule is CCOc1cc(CCl)ccc1OCc1ccccc1C. The molecule has 0 aliphatic heterocycles. The molecule has 0 saturated heterocycles. The van der Waals surface area contributed by atoms with Crippen LogP contribution < -0.4 is 9.47 Å². The lowest BCUT2D eigenvalue weighted by molar-refractivity contribution is 0.268. The van der Waals surface area contributed by atoms with Gasteiger partial charge in [0.2, 0.25) is 0 Å². The van der Waals surface area contributed by atoms with E-state index < -0.39 is 0 Å². The van der Waals surface area contributed by atoms with Crippen LogP contribution in [0.3, 0.4) is 0 Å². The molecule has 3 heteroatoms. The Kier molecular flexibility index (Phi) is 5.31. The highest BCUT2D eigenvalue weighted by atomic mass is 35.5. The van der Waals surface area contributed by atoms with Crippen molar-refractivity contribution < 1.29 is 9.47 Å². The average molecular weight is 291 g/mol. The van der Waals surface area contributed by atoms with Crippen LogP contribution in [0.4, 0.5) is 0 Å². The fourth-order valence-electron chi connectivity index (χ4n) is 1.95. The van der Waals surface area contributed by atoms with E-state index in [1.165, 1.54) is 11.1 Å². The predicted octanol–water partition coefficient (Wildman–Crippen LogP) is 4.71. The van der Waals surface area contributed by atoms with Gasteiger partial charge in [0.1, 0.15) is 6.61 Å². The fraction of sp³-hybridized carbons (Fsp3) is 0.294. The summed E-state index contributed by atoms with van der Waals surface area (Å²) in [7, 11) is 0. The summed E-state index contributed by atoms with van der Waals surface area (Å²) < 4.78 is 11.5. The molecule has 2 aromatic carbocycles. The van der Waals surface area contributed by atoms with E-state index in [4.69, 9.17) is 21.1 Å². The zero-order valence-electron chi connectivity index (χ0n) is 11.9. The van der Waals surface area contributed by atoms with E-state index in [1.807, 2.05) is 37.3 Å². The third-order valence-corrected chi connectivity index (χ3v) is 3.42. The van der Waals surface area contributed by atoms with Gasteiger partial charge in [-0.25, -0.2) is 0 Å². The molecule has 2 aromatic rings. The Hall–Kier alpha value is -1.67. The number of rotatable bonds is 6. The third kappa shape index (κ3) is 3.67. The molecule has 0 aliphatic carbocycles. The highest BCUT2D eigenvalue weighted by Crippen LogP contribution is 2.30. The molecule has 106 valence electrons. The van der Waals surface area contributed by atoms with E-state index in [-0.39, 0.29) is 0 Å². The number of hydrogen-bond acceptors (Lipinski definition) is 2. The van der Waals surface area contributed by atoms with Crippen molar-refractivity contribution in [3.8, 4) is 11.5 Å². The van der Waals surface area contributed by atoms with Gasteiger partial charge in [0.15, 0.2) is 11.5 Å². The summed E-state index contributed by atoms with van der Waals surface area (Å²) in [5.74, 6) is 1.97. The first kappa shape index (κ1) is 14.7. The van der Waals surface area contributed by atoms with Crippen molar-refractivity contribution in [1.29, 1.82) is 0 Å². The monoisotopic (exact) mass is 290 g/mol. The molecule has 0 fully saturated rings. The largest absolute Gasteiger partial charge is 0.490 e. The van der Waals surface area contributed by atoms with Crippen molar-refractivity contribution in [2.24, 2.45) is 0 Å². The molecule has 0 saturated carbocycles. The summed E-state index contributed by atoms with van der Waals surface area (Å²) in [5, 5.41) is 0. The highest BCUT2D eigenvalue weighted by molar-refractivity contribution is 6.17. The Labute approximate surface area is 125 Å². The second kappa shape index (κ2) is 7.20. The van der Waals surface area contributed by atoms with Gasteiger partial charge in [-0.3, -0.25) is 0 Å². The maximum atomic E-state index is 5.89. The molecule has 0 aromatic heterocycles. The van der Waals surface area contributed by atoms with Crippen LogP contribution in [0.5, 0.6) is 11.5 Å². The first-order chi connectivity index (χ1) is 9.74. The smallest absolute Gasteiger partial charge is 0.161 e. The number of hydrogen-bond donors (Lipinski definition) is 0. The average Bonchev–Trinajstić information content (AvgIpc) is 2.47. The molecule has 0 bridgehead atoms. The van der Waals surface area contributed by atoms with Crippen molar-refractivity contribution in [2.75, 3.05) is 6.61 Å². The second-order valence-electron chi connectivity index (χ2n) is 4.56. The lowest BCUT2D eigenvalue weighted by atomic mass is 10.1. The van der Waals surface area contributed by atoms with Crippen LogP contribution >= 0.6 is 11.6 Å². The predicted molar refractivity (Wildman–Crippen MR) is 82.7 cm³/mol. The Balaban J connectivity index is 2.14. The normalized spacial score (nSPS) is 10.3. The van der Waals surface area contributed by atoms with Crippen molar-refractivity contribution in [1.82, 2.24) is 0 Å². The van der Waals surface area contributed by atoms with Crippen molar-refractivity contribution >= 4 is 11.6 Å². The maximum Gasteiger partial charge on any atom is 0.161 e. The van der Waals surface area contributed by atoms with Crippen LogP contribution in [0.15, 0.2) is 42.5 Å². The Bertz CT molecular complexity index is 567. The topological polar surface area (TPSA) is 18.5 Å². The van der Waals surface area contributed by atoms with Crippen molar-refractivity contribution in [2.45, 2.75) is 26.3 Å². The summed E-state index contributed by atoms with van der Waals surface area (Å²) in [6, 6.07) is 14.0. The first-order valence-electron chi connectivity index (χ1n) is 6.73. The quantitative estimate of drug-likeness (QED) is 0.717. The van der Waals surface area contributed by atoms with Gasteiger partial charge in [-0.15, -0.1) is 11.6 Å². The Morgan fingerprint density at radius 3 is 2.50 bits per heavy atom. The summed E-state index contributed by atoms with van der Waals surface area (Å²) in [5.41, 5.74) is 3.43. The molecule has 20 heavy (non-hydrogen) atoms. The molecular formula is C17H19ClO2. The molecule has 0 radical (unpaired) electrons. The first-order valence-corrected chi connectivity index (χ1v) is 7.27. The van der Waals surface area contributed by atoms with Gasteiger partial charge in [-0.2, -0.15) is 0 Å².